The maximum absolute atomic E-state index is 13.2. The van der Waals surface area contributed by atoms with Gasteiger partial charge in [0.2, 0.25) is 5.95 Å². The number of H-pyrrole nitrogens is 2. The Bertz CT molecular complexity index is 836. The summed E-state index contributed by atoms with van der Waals surface area (Å²) < 4.78 is 13.2. The van der Waals surface area contributed by atoms with Crippen LogP contribution >= 0.6 is 0 Å². The van der Waals surface area contributed by atoms with Crippen molar-refractivity contribution in [3.05, 3.63) is 39.9 Å². The Balaban J connectivity index is 2.23. The highest BCUT2D eigenvalue weighted by Crippen LogP contribution is 2.20. The van der Waals surface area contributed by atoms with E-state index < -0.39 is 0 Å². The molecule has 0 aliphatic carbocycles. The molecule has 0 amide bonds. The minimum Gasteiger partial charge on any atom is -0.369 e. The van der Waals surface area contributed by atoms with E-state index in [9.17, 15) is 9.18 Å². The molecular weight excluding hydrogens is 249 g/mol. The van der Waals surface area contributed by atoms with Gasteiger partial charge in [-0.3, -0.25) is 9.78 Å². The molecule has 7 heteroatoms. The third-order valence-electron chi connectivity index (χ3n) is 2.81. The molecule has 0 saturated carbocycles. The average molecular weight is 259 g/mol. The minimum atomic E-state index is -0.389. The van der Waals surface area contributed by atoms with Crippen molar-refractivity contribution >= 4 is 17.1 Å². The van der Waals surface area contributed by atoms with E-state index in [1.54, 1.807) is 19.1 Å². The molecule has 0 unspecified atom stereocenters. The first-order valence-corrected chi connectivity index (χ1v) is 5.56. The van der Waals surface area contributed by atoms with Crippen molar-refractivity contribution in [3.63, 3.8) is 0 Å². The van der Waals surface area contributed by atoms with Crippen LogP contribution in [0.15, 0.2) is 23.0 Å². The van der Waals surface area contributed by atoms with Crippen LogP contribution in [-0.2, 0) is 0 Å². The summed E-state index contributed by atoms with van der Waals surface area (Å²) in [5.41, 5.74) is 6.71. The normalized spacial score (nSPS) is 11.1. The van der Waals surface area contributed by atoms with Gasteiger partial charge in [0.15, 0.2) is 11.2 Å². The van der Waals surface area contributed by atoms with Gasteiger partial charge in [-0.25, -0.2) is 9.37 Å². The van der Waals surface area contributed by atoms with Gasteiger partial charge in [0.1, 0.15) is 11.6 Å². The number of fused-ring (bicyclic) bond motifs is 1. The number of nitrogens with two attached hydrogens (primary N) is 1. The maximum atomic E-state index is 13.2. The average Bonchev–Trinajstić information content (AvgIpc) is 2.76. The molecule has 0 radical (unpaired) electrons. The van der Waals surface area contributed by atoms with Crippen molar-refractivity contribution in [1.29, 1.82) is 0 Å². The number of anilines is 1. The summed E-state index contributed by atoms with van der Waals surface area (Å²) in [6, 6.07) is 4.58. The Kier molecular flexibility index (Phi) is 2.34. The molecule has 0 spiro atoms. The van der Waals surface area contributed by atoms with Gasteiger partial charge in [0.05, 0.1) is 0 Å². The van der Waals surface area contributed by atoms with Crippen LogP contribution in [0.2, 0.25) is 0 Å². The van der Waals surface area contributed by atoms with Crippen molar-refractivity contribution in [2.75, 3.05) is 5.73 Å². The van der Waals surface area contributed by atoms with Gasteiger partial charge < -0.3 is 10.7 Å². The number of hydrogen-bond acceptors (Lipinski definition) is 4. The van der Waals surface area contributed by atoms with Gasteiger partial charge in [-0.05, 0) is 30.7 Å². The van der Waals surface area contributed by atoms with Crippen molar-refractivity contribution < 1.29 is 4.39 Å². The molecule has 0 saturated heterocycles. The standard InChI is InChI=1S/C12H10FN5O/c1-5-4-6(2-3-7(5)13)9-15-8-10(16-9)17-12(14)18-11(8)19/h2-4H,1H3,(H4,14,15,16,17,18,19). The Morgan fingerprint density at radius 3 is 2.79 bits per heavy atom. The second-order valence-corrected chi connectivity index (χ2v) is 4.20. The highest BCUT2D eigenvalue weighted by molar-refractivity contribution is 5.75. The molecule has 0 fully saturated rings. The molecule has 3 rings (SSSR count). The molecule has 96 valence electrons. The summed E-state index contributed by atoms with van der Waals surface area (Å²) in [4.78, 5) is 25.0. The topological polar surface area (TPSA) is 100 Å². The quantitative estimate of drug-likeness (QED) is 0.614. The first kappa shape index (κ1) is 11.4. The Labute approximate surface area is 106 Å². The van der Waals surface area contributed by atoms with E-state index in [0.29, 0.717) is 17.0 Å². The predicted octanol–water partition coefficient (Wildman–Crippen LogP) is 1.34. The summed E-state index contributed by atoms with van der Waals surface area (Å²) >= 11 is 0. The molecule has 0 aliphatic heterocycles. The van der Waals surface area contributed by atoms with E-state index in [1.807, 2.05) is 0 Å². The van der Waals surface area contributed by atoms with Crippen LogP contribution in [0.4, 0.5) is 10.3 Å². The van der Waals surface area contributed by atoms with Crippen LogP contribution in [0.5, 0.6) is 0 Å². The summed E-state index contributed by atoms with van der Waals surface area (Å²) in [6.07, 6.45) is 0. The van der Waals surface area contributed by atoms with E-state index in [4.69, 9.17) is 5.73 Å². The van der Waals surface area contributed by atoms with Gasteiger partial charge in [-0.2, -0.15) is 4.98 Å². The molecule has 2 aromatic heterocycles. The molecule has 1 aromatic carbocycles. The van der Waals surface area contributed by atoms with E-state index in [1.165, 1.54) is 6.07 Å². The lowest BCUT2D eigenvalue weighted by molar-refractivity contribution is 0.618. The fourth-order valence-electron chi connectivity index (χ4n) is 1.85. The van der Waals surface area contributed by atoms with Crippen LogP contribution in [0, 0.1) is 12.7 Å². The number of imidazole rings is 1. The fourth-order valence-corrected chi connectivity index (χ4v) is 1.85. The minimum absolute atomic E-state index is 0.00540. The van der Waals surface area contributed by atoms with E-state index in [0.717, 1.165) is 0 Å². The number of aryl methyl sites for hydroxylation is 1. The number of nitrogens with zero attached hydrogens (tertiary/aromatic N) is 2. The molecule has 4 N–H and O–H groups in total. The summed E-state index contributed by atoms with van der Waals surface area (Å²) in [6.45, 7) is 1.66. The lowest BCUT2D eigenvalue weighted by atomic mass is 10.1. The molecule has 3 aromatic rings. The number of nitrogens with one attached hydrogen (secondary N) is 2. The Hall–Kier alpha value is -2.70. The molecule has 6 nitrogen and oxygen atoms in total. The second-order valence-electron chi connectivity index (χ2n) is 4.20. The molecule has 0 bridgehead atoms. The van der Waals surface area contributed by atoms with Gasteiger partial charge in [0.25, 0.3) is 5.56 Å². The number of aromatic nitrogens is 4. The lowest BCUT2D eigenvalue weighted by Gasteiger charge is -1.99. The van der Waals surface area contributed by atoms with Crippen molar-refractivity contribution in [3.8, 4) is 11.4 Å². The monoisotopic (exact) mass is 259 g/mol. The zero-order valence-corrected chi connectivity index (χ0v) is 9.99. The van der Waals surface area contributed by atoms with Crippen LogP contribution in [0.1, 0.15) is 5.56 Å². The maximum Gasteiger partial charge on any atom is 0.278 e. The zero-order valence-electron chi connectivity index (χ0n) is 9.99. The number of halogens is 1. The third kappa shape index (κ3) is 1.85. The summed E-state index contributed by atoms with van der Waals surface area (Å²) in [5, 5.41) is 0. The molecule has 0 atom stereocenters. The number of benzene rings is 1. The first-order valence-electron chi connectivity index (χ1n) is 5.56. The molecule has 0 aliphatic rings. The summed E-state index contributed by atoms with van der Waals surface area (Å²) in [5.74, 6) is 0.160. The number of nitrogen functional groups attached to an aromatic ring is 1. The number of hydrogen-bond donors (Lipinski definition) is 3. The molecule has 19 heavy (non-hydrogen) atoms. The number of rotatable bonds is 1. The van der Waals surface area contributed by atoms with Crippen LogP contribution in [0.25, 0.3) is 22.6 Å². The summed E-state index contributed by atoms with van der Waals surface area (Å²) in [7, 11) is 0. The lowest BCUT2D eigenvalue weighted by Crippen LogP contribution is -2.10. The highest BCUT2D eigenvalue weighted by Gasteiger charge is 2.11. The van der Waals surface area contributed by atoms with Crippen LogP contribution in [-0.4, -0.2) is 19.9 Å². The van der Waals surface area contributed by atoms with E-state index in [2.05, 4.69) is 19.9 Å². The largest absolute Gasteiger partial charge is 0.369 e. The second kappa shape index (κ2) is 3.91. The third-order valence-corrected chi connectivity index (χ3v) is 2.81. The highest BCUT2D eigenvalue weighted by atomic mass is 19.1. The van der Waals surface area contributed by atoms with Gasteiger partial charge >= 0.3 is 0 Å². The molecular formula is C12H10FN5O. The van der Waals surface area contributed by atoms with Crippen LogP contribution < -0.4 is 11.3 Å². The Morgan fingerprint density at radius 2 is 2.05 bits per heavy atom. The van der Waals surface area contributed by atoms with Gasteiger partial charge in [-0.1, -0.05) is 0 Å². The number of aromatic amines is 2. The van der Waals surface area contributed by atoms with Gasteiger partial charge in [0, 0.05) is 5.56 Å². The fraction of sp³-hybridized carbons (Fsp3) is 0.0833. The van der Waals surface area contributed by atoms with E-state index >= 15 is 0 Å². The van der Waals surface area contributed by atoms with Gasteiger partial charge in [-0.15, -0.1) is 0 Å². The van der Waals surface area contributed by atoms with Crippen molar-refractivity contribution in [2.24, 2.45) is 0 Å². The van der Waals surface area contributed by atoms with Crippen molar-refractivity contribution in [2.45, 2.75) is 6.92 Å². The first-order chi connectivity index (χ1) is 9.04. The zero-order chi connectivity index (χ0) is 13.6. The Morgan fingerprint density at radius 1 is 1.26 bits per heavy atom. The molecule has 2 heterocycles. The van der Waals surface area contributed by atoms with E-state index in [-0.39, 0.29) is 28.5 Å². The SMILES string of the molecule is Cc1cc(-c2nc3nc(N)[nH]c(=O)c3[nH]2)ccc1F. The predicted molar refractivity (Wildman–Crippen MR) is 69.1 cm³/mol. The smallest absolute Gasteiger partial charge is 0.278 e. The van der Waals surface area contributed by atoms with Crippen LogP contribution in [0.3, 0.4) is 0 Å². The van der Waals surface area contributed by atoms with Crippen molar-refractivity contribution in [1.82, 2.24) is 19.9 Å².